The molecule has 112 valence electrons. The number of hydrogen-bond donors (Lipinski definition) is 1. The number of likely N-dealkylation sites (tertiary alicyclic amines) is 1. The van der Waals surface area contributed by atoms with E-state index in [1.807, 2.05) is 0 Å². The van der Waals surface area contributed by atoms with Gasteiger partial charge < -0.3 is 14.6 Å². The van der Waals surface area contributed by atoms with Crippen LogP contribution in [0.4, 0.5) is 4.39 Å². The third-order valence-electron chi connectivity index (χ3n) is 3.85. The first-order valence-corrected chi connectivity index (χ1v) is 6.97. The second-order valence-corrected chi connectivity index (χ2v) is 5.00. The molecule has 2 rings (SSSR count). The van der Waals surface area contributed by atoms with Crippen LogP contribution < -0.4 is 9.47 Å². The highest BCUT2D eigenvalue weighted by atomic mass is 19.1. The highest BCUT2D eigenvalue weighted by Crippen LogP contribution is 2.36. The summed E-state index contributed by atoms with van der Waals surface area (Å²) in [7, 11) is 3.03. The number of hydrogen-bond acceptors (Lipinski definition) is 4. The topological polar surface area (TPSA) is 41.9 Å². The molecule has 0 bridgehead atoms. The summed E-state index contributed by atoms with van der Waals surface area (Å²) in [5.74, 6) is 0.594. The number of benzene rings is 1. The molecule has 1 aliphatic rings. The quantitative estimate of drug-likeness (QED) is 0.870. The Balaban J connectivity index is 2.36. The van der Waals surface area contributed by atoms with Gasteiger partial charge in [0, 0.05) is 24.3 Å². The zero-order valence-electron chi connectivity index (χ0n) is 12.1. The first kappa shape index (κ1) is 15.1. The summed E-state index contributed by atoms with van der Waals surface area (Å²) in [4.78, 5) is 2.22. The van der Waals surface area contributed by atoms with Gasteiger partial charge in [0.15, 0.2) is 11.5 Å². The molecule has 1 aromatic rings. The summed E-state index contributed by atoms with van der Waals surface area (Å²) < 4.78 is 24.7. The van der Waals surface area contributed by atoms with Crippen LogP contribution in [0.2, 0.25) is 0 Å². The van der Waals surface area contributed by atoms with Gasteiger partial charge in [0.05, 0.1) is 14.2 Å². The van der Waals surface area contributed by atoms with Crippen molar-refractivity contribution < 1.29 is 19.0 Å². The first-order valence-electron chi connectivity index (χ1n) is 6.97. The molecular weight excluding hydrogens is 261 g/mol. The molecule has 5 heteroatoms. The van der Waals surface area contributed by atoms with Crippen LogP contribution in [0.15, 0.2) is 12.1 Å². The van der Waals surface area contributed by atoms with Gasteiger partial charge in [-0.15, -0.1) is 0 Å². The van der Waals surface area contributed by atoms with E-state index in [4.69, 9.17) is 9.47 Å². The van der Waals surface area contributed by atoms with Gasteiger partial charge in [-0.05, 0) is 38.4 Å². The molecule has 1 atom stereocenters. The van der Waals surface area contributed by atoms with Gasteiger partial charge in [0.25, 0.3) is 0 Å². The van der Waals surface area contributed by atoms with E-state index in [0.717, 1.165) is 25.9 Å². The molecule has 20 heavy (non-hydrogen) atoms. The van der Waals surface area contributed by atoms with Crippen molar-refractivity contribution in [1.29, 1.82) is 0 Å². The van der Waals surface area contributed by atoms with Crippen molar-refractivity contribution in [3.05, 3.63) is 23.5 Å². The summed E-state index contributed by atoms with van der Waals surface area (Å²) in [6.45, 7) is 1.92. The maximum Gasteiger partial charge on any atom is 0.163 e. The molecule has 4 nitrogen and oxygen atoms in total. The van der Waals surface area contributed by atoms with E-state index >= 15 is 0 Å². The molecule has 0 aromatic heterocycles. The fourth-order valence-corrected chi connectivity index (χ4v) is 2.84. The third-order valence-corrected chi connectivity index (χ3v) is 3.85. The highest BCUT2D eigenvalue weighted by Gasteiger charge is 2.26. The smallest absolute Gasteiger partial charge is 0.163 e. The van der Waals surface area contributed by atoms with Gasteiger partial charge in [-0.25, -0.2) is 4.39 Å². The van der Waals surface area contributed by atoms with Crippen molar-refractivity contribution in [2.24, 2.45) is 0 Å². The van der Waals surface area contributed by atoms with Gasteiger partial charge in [-0.1, -0.05) is 0 Å². The molecule has 0 saturated carbocycles. The Kier molecular flexibility index (Phi) is 5.20. The van der Waals surface area contributed by atoms with Crippen molar-refractivity contribution in [3.63, 3.8) is 0 Å². The molecule has 1 unspecified atom stereocenters. The zero-order chi connectivity index (χ0) is 14.5. The lowest BCUT2D eigenvalue weighted by molar-refractivity contribution is 0.181. The molecule has 1 aliphatic heterocycles. The molecule has 1 heterocycles. The summed E-state index contributed by atoms with van der Waals surface area (Å²) in [5.41, 5.74) is 0.568. The maximum atomic E-state index is 14.3. The maximum absolute atomic E-state index is 14.3. The second kappa shape index (κ2) is 6.90. The molecule has 1 fully saturated rings. The van der Waals surface area contributed by atoms with E-state index in [2.05, 4.69) is 4.90 Å². The number of aliphatic hydroxyl groups is 1. The van der Waals surface area contributed by atoms with Crippen molar-refractivity contribution in [1.82, 2.24) is 4.90 Å². The van der Waals surface area contributed by atoms with Crippen molar-refractivity contribution in [2.75, 3.05) is 33.9 Å². The lowest BCUT2D eigenvalue weighted by Crippen LogP contribution is -2.27. The number of nitrogens with zero attached hydrogens (tertiary/aromatic N) is 1. The molecule has 1 aromatic carbocycles. The second-order valence-electron chi connectivity index (χ2n) is 5.00. The van der Waals surface area contributed by atoms with Gasteiger partial charge in [-0.3, -0.25) is 4.90 Å². The first-order chi connectivity index (χ1) is 9.71. The average Bonchev–Trinajstić information content (AvgIpc) is 2.98. The van der Waals surface area contributed by atoms with Crippen LogP contribution in [0.5, 0.6) is 11.5 Å². The van der Waals surface area contributed by atoms with Crippen LogP contribution >= 0.6 is 0 Å². The van der Waals surface area contributed by atoms with Crippen molar-refractivity contribution in [3.8, 4) is 11.5 Å². The van der Waals surface area contributed by atoms with Crippen LogP contribution in [-0.2, 0) is 0 Å². The molecule has 0 aliphatic carbocycles. The predicted molar refractivity (Wildman–Crippen MR) is 74.8 cm³/mol. The Bertz CT molecular complexity index is 447. The highest BCUT2D eigenvalue weighted by molar-refractivity contribution is 5.44. The number of ether oxygens (including phenoxy) is 2. The summed E-state index contributed by atoms with van der Waals surface area (Å²) >= 11 is 0. The van der Waals surface area contributed by atoms with Crippen LogP contribution in [0.25, 0.3) is 0 Å². The van der Waals surface area contributed by atoms with Crippen LogP contribution in [0.1, 0.15) is 30.9 Å². The zero-order valence-corrected chi connectivity index (χ0v) is 12.1. The molecule has 1 N–H and O–H groups in total. The number of aliphatic hydroxyl groups excluding tert-OH is 1. The Morgan fingerprint density at radius 1 is 1.20 bits per heavy atom. The molecule has 0 spiro atoms. The minimum atomic E-state index is -0.312. The monoisotopic (exact) mass is 283 g/mol. The standard InChI is InChI=1S/C15H22FNO3/c1-19-14-9-11(12(16)10-15(14)20-2)13(5-8-18)17-6-3-4-7-17/h9-10,13,18H,3-8H2,1-2H3. The molecule has 0 amide bonds. The van der Waals surface area contributed by atoms with Crippen molar-refractivity contribution >= 4 is 0 Å². The largest absolute Gasteiger partial charge is 0.493 e. The molecule has 0 radical (unpaired) electrons. The summed E-state index contributed by atoms with van der Waals surface area (Å²) in [5, 5.41) is 9.27. The number of methoxy groups -OCH3 is 2. The molecular formula is C15H22FNO3. The lowest BCUT2D eigenvalue weighted by atomic mass is 10.0. The van der Waals surface area contributed by atoms with Crippen LogP contribution in [-0.4, -0.2) is 43.9 Å². The van der Waals surface area contributed by atoms with E-state index in [1.165, 1.54) is 20.3 Å². The SMILES string of the molecule is COc1cc(F)c(C(CCO)N2CCCC2)cc1OC. The van der Waals surface area contributed by atoms with Gasteiger partial charge in [0.1, 0.15) is 5.82 Å². The third kappa shape index (κ3) is 3.04. The Hall–Kier alpha value is -1.33. The van der Waals surface area contributed by atoms with E-state index in [9.17, 15) is 9.50 Å². The Labute approximate surface area is 119 Å². The van der Waals surface area contributed by atoms with E-state index in [0.29, 0.717) is 23.5 Å². The average molecular weight is 283 g/mol. The van der Waals surface area contributed by atoms with Crippen LogP contribution in [0.3, 0.4) is 0 Å². The van der Waals surface area contributed by atoms with Crippen molar-refractivity contribution in [2.45, 2.75) is 25.3 Å². The summed E-state index contributed by atoms with van der Waals surface area (Å²) in [6.07, 6.45) is 2.76. The number of rotatable bonds is 6. The number of halogens is 1. The van der Waals surface area contributed by atoms with E-state index < -0.39 is 0 Å². The van der Waals surface area contributed by atoms with Gasteiger partial charge in [-0.2, -0.15) is 0 Å². The fourth-order valence-electron chi connectivity index (χ4n) is 2.84. The normalized spacial score (nSPS) is 17.2. The Morgan fingerprint density at radius 3 is 2.35 bits per heavy atom. The van der Waals surface area contributed by atoms with Gasteiger partial charge in [0.2, 0.25) is 0 Å². The minimum Gasteiger partial charge on any atom is -0.493 e. The van der Waals surface area contributed by atoms with Gasteiger partial charge >= 0.3 is 0 Å². The van der Waals surface area contributed by atoms with E-state index in [1.54, 1.807) is 6.07 Å². The predicted octanol–water partition coefficient (Wildman–Crippen LogP) is 2.36. The van der Waals surface area contributed by atoms with Crippen LogP contribution in [0, 0.1) is 5.82 Å². The minimum absolute atomic E-state index is 0.0367. The fraction of sp³-hybridized carbons (Fsp3) is 0.600. The van der Waals surface area contributed by atoms with E-state index in [-0.39, 0.29) is 18.5 Å². The summed E-state index contributed by atoms with van der Waals surface area (Å²) in [6, 6.07) is 2.93. The molecule has 1 saturated heterocycles. The lowest BCUT2D eigenvalue weighted by Gasteiger charge is -2.28. The Morgan fingerprint density at radius 2 is 1.80 bits per heavy atom.